The molecule has 2 heterocycles. The van der Waals surface area contributed by atoms with Crippen LogP contribution in [0.4, 0.5) is 0 Å². The Morgan fingerprint density at radius 2 is 1.69 bits per heavy atom. The van der Waals surface area contributed by atoms with E-state index in [-0.39, 0.29) is 18.4 Å². The number of nitrogens with zero attached hydrogens (tertiary/aromatic N) is 2. The summed E-state index contributed by atoms with van der Waals surface area (Å²) in [5.41, 5.74) is 5.20. The predicted octanol–water partition coefficient (Wildman–Crippen LogP) is -1.81. The first-order valence-corrected chi connectivity index (χ1v) is 10.1. The Balaban J connectivity index is 1.98. The molecule has 2 saturated heterocycles. The molecule has 0 saturated carbocycles. The molecule has 2 fully saturated rings. The van der Waals surface area contributed by atoms with E-state index in [9.17, 15) is 29.4 Å². The minimum atomic E-state index is -1.18. The average molecular weight is 412 g/mol. The number of carbonyl (C=O) groups is 4. The maximum absolute atomic E-state index is 13.0. The molecule has 29 heavy (non-hydrogen) atoms. The molecule has 0 aliphatic carbocycles. The van der Waals surface area contributed by atoms with Crippen LogP contribution < -0.4 is 11.1 Å². The summed E-state index contributed by atoms with van der Waals surface area (Å²) in [7, 11) is 0. The highest BCUT2D eigenvalue weighted by molar-refractivity contribution is 5.91. The monoisotopic (exact) mass is 412 g/mol. The summed E-state index contributed by atoms with van der Waals surface area (Å²) in [5.74, 6) is -2.82. The van der Waals surface area contributed by atoms with Crippen LogP contribution in [0.15, 0.2) is 0 Å². The Kier molecular flexibility index (Phi) is 7.59. The molecule has 4 amide bonds. The van der Waals surface area contributed by atoms with Gasteiger partial charge in [0, 0.05) is 19.6 Å². The number of nitrogens with one attached hydrogen (secondary N) is 1. The molecule has 0 bridgehead atoms. The first-order valence-electron chi connectivity index (χ1n) is 10.1. The van der Waals surface area contributed by atoms with Gasteiger partial charge in [-0.3, -0.25) is 19.2 Å². The molecule has 2 rings (SSSR count). The number of likely N-dealkylation sites (tertiary alicyclic amines) is 2. The van der Waals surface area contributed by atoms with Crippen LogP contribution in [0.1, 0.15) is 40.0 Å². The lowest BCUT2D eigenvalue weighted by molar-refractivity contribution is -0.147. The van der Waals surface area contributed by atoms with Crippen LogP contribution in [0, 0.1) is 11.8 Å². The van der Waals surface area contributed by atoms with Crippen LogP contribution in [0.3, 0.4) is 0 Å². The maximum atomic E-state index is 13.0. The standard InChI is InChI=1S/C19H32N4O6/c1-10(11(2)24)18(28)23-7-4-5-14(23)19(29)22-8-6-13(9-22)17(27)21-15(12(3)25)16(20)26/h10-15,24-25H,4-9H2,1-3H3,(H2,20,26)(H,21,27)/t10-,11+,12+,13?,14+,15?/m0/s1. The third kappa shape index (κ3) is 5.24. The van der Waals surface area contributed by atoms with E-state index in [1.807, 2.05) is 0 Å². The number of nitrogens with two attached hydrogens (primary N) is 1. The Morgan fingerprint density at radius 3 is 2.24 bits per heavy atom. The molecule has 2 unspecified atom stereocenters. The summed E-state index contributed by atoms with van der Waals surface area (Å²) in [6.45, 7) is 5.57. The highest BCUT2D eigenvalue weighted by Gasteiger charge is 2.41. The molecule has 10 heteroatoms. The summed E-state index contributed by atoms with van der Waals surface area (Å²) in [4.78, 5) is 52.5. The van der Waals surface area contributed by atoms with Crippen LogP contribution in [-0.2, 0) is 19.2 Å². The first kappa shape index (κ1) is 23.1. The summed E-state index contributed by atoms with van der Waals surface area (Å²) < 4.78 is 0. The zero-order valence-electron chi connectivity index (χ0n) is 17.2. The van der Waals surface area contributed by atoms with Gasteiger partial charge in [-0.15, -0.1) is 0 Å². The second kappa shape index (κ2) is 9.53. The Hall–Kier alpha value is -2.20. The summed E-state index contributed by atoms with van der Waals surface area (Å²) in [6, 6.07) is -1.77. The molecule has 2 aliphatic heterocycles. The Morgan fingerprint density at radius 1 is 1.03 bits per heavy atom. The van der Waals surface area contributed by atoms with Gasteiger partial charge in [-0.05, 0) is 33.1 Å². The number of aliphatic hydroxyl groups excluding tert-OH is 2. The van der Waals surface area contributed by atoms with Crippen molar-refractivity contribution >= 4 is 23.6 Å². The number of rotatable bonds is 7. The zero-order chi connectivity index (χ0) is 21.9. The third-order valence-corrected chi connectivity index (χ3v) is 5.89. The number of aliphatic hydroxyl groups is 2. The number of primary amides is 1. The summed E-state index contributed by atoms with van der Waals surface area (Å²) >= 11 is 0. The number of hydrogen-bond donors (Lipinski definition) is 4. The van der Waals surface area contributed by atoms with Crippen molar-refractivity contribution in [3.8, 4) is 0 Å². The van der Waals surface area contributed by atoms with E-state index < -0.39 is 47.9 Å². The normalized spacial score (nSPS) is 26.0. The molecule has 10 nitrogen and oxygen atoms in total. The van der Waals surface area contributed by atoms with Gasteiger partial charge >= 0.3 is 0 Å². The van der Waals surface area contributed by atoms with Gasteiger partial charge in [-0.25, -0.2) is 0 Å². The van der Waals surface area contributed by atoms with Gasteiger partial charge in [-0.2, -0.15) is 0 Å². The molecule has 5 N–H and O–H groups in total. The van der Waals surface area contributed by atoms with Gasteiger partial charge in [0.15, 0.2) is 0 Å². The summed E-state index contributed by atoms with van der Waals surface area (Å²) in [5, 5.41) is 21.7. The van der Waals surface area contributed by atoms with Crippen molar-refractivity contribution in [1.82, 2.24) is 15.1 Å². The van der Waals surface area contributed by atoms with Crippen molar-refractivity contribution in [3.63, 3.8) is 0 Å². The van der Waals surface area contributed by atoms with Crippen molar-refractivity contribution in [2.45, 2.75) is 64.3 Å². The zero-order valence-corrected chi connectivity index (χ0v) is 17.2. The average Bonchev–Trinajstić information content (AvgIpc) is 3.32. The first-order chi connectivity index (χ1) is 13.5. The molecule has 0 aromatic carbocycles. The Labute approximate surface area is 170 Å². The maximum Gasteiger partial charge on any atom is 0.245 e. The smallest absolute Gasteiger partial charge is 0.245 e. The lowest BCUT2D eigenvalue weighted by atomic mass is 10.0. The molecule has 6 atom stereocenters. The molecule has 0 spiro atoms. The van der Waals surface area contributed by atoms with Crippen LogP contribution in [-0.4, -0.2) is 87.6 Å². The molecule has 0 aromatic rings. The van der Waals surface area contributed by atoms with Crippen molar-refractivity contribution in [2.24, 2.45) is 17.6 Å². The topological polar surface area (TPSA) is 153 Å². The van der Waals surface area contributed by atoms with E-state index in [1.54, 1.807) is 18.7 Å². The SMILES string of the molecule is C[C@H](C(=O)N1CCC[C@@H]1C(=O)N1CCC(C(=O)NC(C(N)=O)[C@@H](C)O)C1)[C@@H](C)O. The molecule has 0 radical (unpaired) electrons. The molecular weight excluding hydrogens is 380 g/mol. The van der Waals surface area contributed by atoms with E-state index in [0.29, 0.717) is 32.4 Å². The minimum absolute atomic E-state index is 0.181. The molecule has 164 valence electrons. The van der Waals surface area contributed by atoms with Gasteiger partial charge in [0.1, 0.15) is 12.1 Å². The predicted molar refractivity (Wildman–Crippen MR) is 103 cm³/mol. The number of amides is 4. The van der Waals surface area contributed by atoms with Gasteiger partial charge in [-0.1, -0.05) is 6.92 Å². The van der Waals surface area contributed by atoms with Gasteiger partial charge in [0.25, 0.3) is 0 Å². The van der Waals surface area contributed by atoms with Gasteiger partial charge < -0.3 is 31.1 Å². The van der Waals surface area contributed by atoms with Crippen molar-refractivity contribution in [2.75, 3.05) is 19.6 Å². The van der Waals surface area contributed by atoms with Crippen molar-refractivity contribution in [1.29, 1.82) is 0 Å². The van der Waals surface area contributed by atoms with Crippen LogP contribution >= 0.6 is 0 Å². The lowest BCUT2D eigenvalue weighted by Crippen LogP contribution is -2.53. The van der Waals surface area contributed by atoms with E-state index in [2.05, 4.69) is 5.32 Å². The van der Waals surface area contributed by atoms with E-state index in [1.165, 1.54) is 11.8 Å². The quantitative estimate of drug-likeness (QED) is 0.387. The fourth-order valence-electron chi connectivity index (χ4n) is 3.84. The second-order valence-electron chi connectivity index (χ2n) is 8.12. The third-order valence-electron chi connectivity index (χ3n) is 5.89. The highest BCUT2D eigenvalue weighted by Crippen LogP contribution is 2.26. The van der Waals surface area contributed by atoms with Crippen molar-refractivity contribution in [3.05, 3.63) is 0 Å². The van der Waals surface area contributed by atoms with Gasteiger partial charge in [0.05, 0.1) is 24.0 Å². The fourth-order valence-corrected chi connectivity index (χ4v) is 3.84. The van der Waals surface area contributed by atoms with Crippen LogP contribution in [0.2, 0.25) is 0 Å². The highest BCUT2D eigenvalue weighted by atomic mass is 16.3. The van der Waals surface area contributed by atoms with Crippen LogP contribution in [0.25, 0.3) is 0 Å². The number of hydrogen-bond acceptors (Lipinski definition) is 6. The lowest BCUT2D eigenvalue weighted by Gasteiger charge is -2.30. The van der Waals surface area contributed by atoms with E-state index in [4.69, 9.17) is 5.73 Å². The van der Waals surface area contributed by atoms with E-state index in [0.717, 1.165) is 0 Å². The largest absolute Gasteiger partial charge is 0.393 e. The minimum Gasteiger partial charge on any atom is -0.393 e. The van der Waals surface area contributed by atoms with Crippen molar-refractivity contribution < 1.29 is 29.4 Å². The summed E-state index contributed by atoms with van der Waals surface area (Å²) in [6.07, 6.45) is -0.235. The number of carbonyl (C=O) groups excluding carboxylic acids is 4. The second-order valence-corrected chi connectivity index (χ2v) is 8.12. The van der Waals surface area contributed by atoms with Crippen LogP contribution in [0.5, 0.6) is 0 Å². The molecular formula is C19H32N4O6. The van der Waals surface area contributed by atoms with E-state index >= 15 is 0 Å². The molecule has 0 aromatic heterocycles. The Bertz CT molecular complexity index is 653. The fraction of sp³-hybridized carbons (Fsp3) is 0.789. The molecule has 2 aliphatic rings. The van der Waals surface area contributed by atoms with Gasteiger partial charge in [0.2, 0.25) is 23.6 Å².